The van der Waals surface area contributed by atoms with Gasteiger partial charge in [0.25, 0.3) is 0 Å². The van der Waals surface area contributed by atoms with Crippen molar-refractivity contribution in [1.82, 2.24) is 10.2 Å². The normalized spacial score (nSPS) is 13.9. The van der Waals surface area contributed by atoms with Gasteiger partial charge in [-0.15, -0.1) is 0 Å². The van der Waals surface area contributed by atoms with Gasteiger partial charge >= 0.3 is 0 Å². The average molecular weight is 411 g/mol. The Kier molecular flexibility index (Phi) is 7.82. The summed E-state index contributed by atoms with van der Waals surface area (Å²) in [4.78, 5) is 28.4. The number of hydrogen-bond donors (Lipinski definition) is 2. The molecule has 1 fully saturated rings. The number of likely N-dealkylation sites (N-methyl/N-ethyl adjacent to an activating group) is 1. The van der Waals surface area contributed by atoms with E-state index in [1.54, 1.807) is 11.9 Å². The van der Waals surface area contributed by atoms with Crippen molar-refractivity contribution in [1.29, 1.82) is 0 Å². The molecule has 1 aliphatic rings. The van der Waals surface area contributed by atoms with Gasteiger partial charge in [-0.2, -0.15) is 0 Å². The first-order valence-electron chi connectivity index (χ1n) is 10.2. The molecule has 2 N–H and O–H groups in total. The summed E-state index contributed by atoms with van der Waals surface area (Å²) >= 11 is 0. The van der Waals surface area contributed by atoms with Gasteiger partial charge in [-0.3, -0.25) is 14.5 Å². The maximum atomic E-state index is 12.3. The standard InChI is InChI=1S/C23H30N4O3/c1-18-3-5-19(6-4-18)15-24-22(28)16-26(2)17-23(29)25-20-7-9-21(10-8-20)27-11-13-30-14-12-27/h3-10H,11-17H2,1-2H3,(H,24,28)(H,25,29). The molecule has 2 aromatic carbocycles. The maximum Gasteiger partial charge on any atom is 0.238 e. The third-order valence-corrected chi connectivity index (χ3v) is 4.96. The van der Waals surface area contributed by atoms with E-state index in [1.165, 1.54) is 5.56 Å². The van der Waals surface area contributed by atoms with Gasteiger partial charge in [0.1, 0.15) is 0 Å². The first-order valence-corrected chi connectivity index (χ1v) is 10.2. The molecule has 30 heavy (non-hydrogen) atoms. The minimum atomic E-state index is -0.150. The monoisotopic (exact) mass is 410 g/mol. The fraction of sp³-hybridized carbons (Fsp3) is 0.391. The average Bonchev–Trinajstić information content (AvgIpc) is 2.74. The Balaban J connectivity index is 1.39. The smallest absolute Gasteiger partial charge is 0.238 e. The number of ether oxygens (including phenoxy) is 1. The van der Waals surface area contributed by atoms with Gasteiger partial charge in [-0.1, -0.05) is 29.8 Å². The molecule has 1 aliphatic heterocycles. The SMILES string of the molecule is Cc1ccc(CNC(=O)CN(C)CC(=O)Nc2ccc(N3CCOCC3)cc2)cc1. The number of anilines is 2. The first kappa shape index (κ1) is 21.8. The topological polar surface area (TPSA) is 73.9 Å². The predicted molar refractivity (Wildman–Crippen MR) is 119 cm³/mol. The summed E-state index contributed by atoms with van der Waals surface area (Å²) in [5.41, 5.74) is 4.11. The summed E-state index contributed by atoms with van der Waals surface area (Å²) in [6.45, 7) is 6.05. The summed E-state index contributed by atoms with van der Waals surface area (Å²) < 4.78 is 5.37. The third-order valence-electron chi connectivity index (χ3n) is 4.96. The molecule has 160 valence electrons. The van der Waals surface area contributed by atoms with Gasteiger partial charge in [-0.25, -0.2) is 0 Å². The lowest BCUT2D eigenvalue weighted by atomic mass is 10.1. The minimum Gasteiger partial charge on any atom is -0.378 e. The number of rotatable bonds is 8. The molecule has 2 aromatic rings. The fourth-order valence-electron chi connectivity index (χ4n) is 3.29. The summed E-state index contributed by atoms with van der Waals surface area (Å²) in [7, 11) is 1.76. The Morgan fingerprint density at radius 1 is 0.967 bits per heavy atom. The van der Waals surface area contributed by atoms with Crippen LogP contribution in [0.25, 0.3) is 0 Å². The molecule has 0 aromatic heterocycles. The molecule has 0 atom stereocenters. The van der Waals surface area contributed by atoms with Crippen molar-refractivity contribution < 1.29 is 14.3 Å². The first-order chi connectivity index (χ1) is 14.5. The molecule has 1 saturated heterocycles. The largest absolute Gasteiger partial charge is 0.378 e. The lowest BCUT2D eigenvalue weighted by molar-refractivity contribution is -0.123. The van der Waals surface area contributed by atoms with Crippen molar-refractivity contribution in [2.24, 2.45) is 0 Å². The maximum absolute atomic E-state index is 12.3. The summed E-state index contributed by atoms with van der Waals surface area (Å²) in [6, 6.07) is 15.8. The molecule has 2 amide bonds. The lowest BCUT2D eigenvalue weighted by Gasteiger charge is -2.28. The van der Waals surface area contributed by atoms with Crippen molar-refractivity contribution in [3.63, 3.8) is 0 Å². The van der Waals surface area contributed by atoms with Gasteiger partial charge in [0.15, 0.2) is 0 Å². The summed E-state index contributed by atoms with van der Waals surface area (Å²) in [6.07, 6.45) is 0. The van der Waals surface area contributed by atoms with E-state index in [0.29, 0.717) is 6.54 Å². The molecular formula is C23H30N4O3. The second-order valence-electron chi connectivity index (χ2n) is 7.63. The lowest BCUT2D eigenvalue weighted by Crippen LogP contribution is -2.38. The zero-order valence-electron chi connectivity index (χ0n) is 17.7. The summed E-state index contributed by atoms with van der Waals surface area (Å²) in [5.74, 6) is -0.260. The molecule has 3 rings (SSSR count). The molecule has 0 radical (unpaired) electrons. The van der Waals surface area contributed by atoms with Crippen LogP contribution in [0.4, 0.5) is 11.4 Å². The highest BCUT2D eigenvalue weighted by molar-refractivity contribution is 5.92. The van der Waals surface area contributed by atoms with Crippen LogP contribution in [-0.2, 0) is 20.9 Å². The third kappa shape index (κ3) is 6.86. The highest BCUT2D eigenvalue weighted by atomic mass is 16.5. The van der Waals surface area contributed by atoms with E-state index in [9.17, 15) is 9.59 Å². The Morgan fingerprint density at radius 2 is 1.60 bits per heavy atom. The number of carbonyl (C=O) groups is 2. The number of nitrogens with zero attached hydrogens (tertiary/aromatic N) is 2. The van der Waals surface area contributed by atoms with E-state index in [4.69, 9.17) is 4.74 Å². The van der Waals surface area contributed by atoms with Crippen molar-refractivity contribution >= 4 is 23.2 Å². The van der Waals surface area contributed by atoms with Crippen LogP contribution in [0.1, 0.15) is 11.1 Å². The van der Waals surface area contributed by atoms with E-state index < -0.39 is 0 Å². The zero-order chi connectivity index (χ0) is 21.3. The van der Waals surface area contributed by atoms with Gasteiger partial charge in [0.05, 0.1) is 26.3 Å². The van der Waals surface area contributed by atoms with Crippen LogP contribution >= 0.6 is 0 Å². The molecule has 0 aliphatic carbocycles. The number of aryl methyl sites for hydroxylation is 1. The Morgan fingerprint density at radius 3 is 2.27 bits per heavy atom. The minimum absolute atomic E-state index is 0.110. The second kappa shape index (κ2) is 10.8. The number of morpholine rings is 1. The van der Waals surface area contributed by atoms with E-state index >= 15 is 0 Å². The van der Waals surface area contributed by atoms with Crippen LogP contribution in [0, 0.1) is 6.92 Å². The van der Waals surface area contributed by atoms with E-state index in [2.05, 4.69) is 15.5 Å². The molecule has 1 heterocycles. The van der Waals surface area contributed by atoms with Gasteiger partial charge in [0.2, 0.25) is 11.8 Å². The van der Waals surface area contributed by atoms with E-state index in [0.717, 1.165) is 43.2 Å². The van der Waals surface area contributed by atoms with Gasteiger partial charge in [0, 0.05) is 31.0 Å². The summed E-state index contributed by atoms with van der Waals surface area (Å²) in [5, 5.41) is 5.77. The quantitative estimate of drug-likeness (QED) is 0.697. The Labute approximate surface area is 178 Å². The predicted octanol–water partition coefficient (Wildman–Crippen LogP) is 2.02. The van der Waals surface area contributed by atoms with Crippen molar-refractivity contribution in [3.05, 3.63) is 59.7 Å². The molecule has 7 nitrogen and oxygen atoms in total. The van der Waals surface area contributed by atoms with Gasteiger partial charge in [-0.05, 0) is 43.8 Å². The van der Waals surface area contributed by atoms with Crippen LogP contribution in [0.15, 0.2) is 48.5 Å². The van der Waals surface area contributed by atoms with Crippen LogP contribution in [0.3, 0.4) is 0 Å². The molecule has 0 bridgehead atoms. The van der Waals surface area contributed by atoms with Crippen LogP contribution in [0.2, 0.25) is 0 Å². The second-order valence-corrected chi connectivity index (χ2v) is 7.63. The molecule has 0 spiro atoms. The van der Waals surface area contributed by atoms with Crippen LogP contribution in [0.5, 0.6) is 0 Å². The van der Waals surface area contributed by atoms with Crippen LogP contribution < -0.4 is 15.5 Å². The zero-order valence-corrected chi connectivity index (χ0v) is 17.7. The molecule has 0 unspecified atom stereocenters. The highest BCUT2D eigenvalue weighted by Gasteiger charge is 2.13. The fourth-order valence-corrected chi connectivity index (χ4v) is 3.29. The number of hydrogen-bond acceptors (Lipinski definition) is 5. The van der Waals surface area contributed by atoms with Crippen molar-refractivity contribution in [2.75, 3.05) is 56.7 Å². The Hall–Kier alpha value is -2.90. The number of nitrogens with one attached hydrogen (secondary N) is 2. The van der Waals surface area contributed by atoms with Crippen molar-refractivity contribution in [2.45, 2.75) is 13.5 Å². The molecule has 0 saturated carbocycles. The Bertz CT molecular complexity index is 831. The van der Waals surface area contributed by atoms with E-state index in [1.807, 2.05) is 55.5 Å². The van der Waals surface area contributed by atoms with Crippen LogP contribution in [-0.4, -0.2) is 63.2 Å². The molecule has 7 heteroatoms. The number of carbonyl (C=O) groups excluding carboxylic acids is 2. The highest BCUT2D eigenvalue weighted by Crippen LogP contribution is 2.19. The van der Waals surface area contributed by atoms with Gasteiger partial charge < -0.3 is 20.3 Å². The van der Waals surface area contributed by atoms with E-state index in [-0.39, 0.29) is 24.9 Å². The number of amides is 2. The number of benzene rings is 2. The van der Waals surface area contributed by atoms with Crippen molar-refractivity contribution in [3.8, 4) is 0 Å². The molecular weight excluding hydrogens is 380 g/mol.